The highest BCUT2D eigenvalue weighted by Crippen LogP contribution is 2.34. The van der Waals surface area contributed by atoms with Gasteiger partial charge in [0.05, 0.1) is 23.3 Å². The Morgan fingerprint density at radius 1 is 0.250 bits per heavy atom. The van der Waals surface area contributed by atoms with Crippen LogP contribution in [0.4, 0.5) is 0 Å². The molecule has 2 nitrogen and oxygen atoms in total. The normalized spacial score (nSPS) is 10.7. The van der Waals surface area contributed by atoms with Crippen molar-refractivity contribution in [3.8, 4) is 90.0 Å². The third-order valence-electron chi connectivity index (χ3n) is 9.56. The van der Waals surface area contributed by atoms with E-state index >= 15 is 0 Å². The molecule has 0 atom stereocenters. The fraction of sp³-hybridized carbons (Fsp3) is 0. The van der Waals surface area contributed by atoms with Gasteiger partial charge >= 0.3 is 0 Å². The van der Waals surface area contributed by atoms with Gasteiger partial charge < -0.3 is 0 Å². The smallest absolute Gasteiger partial charge is 0.0998 e. The molecule has 0 aliphatic rings. The highest BCUT2D eigenvalue weighted by molar-refractivity contribution is 5.81. The number of nitrogens with zero attached hydrogens (tertiary/aromatic N) is 2. The van der Waals surface area contributed by atoms with Crippen LogP contribution in [-0.2, 0) is 0 Å². The topological polar surface area (TPSA) is 47.6 Å². The third-order valence-corrected chi connectivity index (χ3v) is 9.56. The molecule has 2 heteroatoms. The van der Waals surface area contributed by atoms with E-state index in [1.54, 1.807) is 0 Å². The van der Waals surface area contributed by atoms with Crippen molar-refractivity contribution in [3.63, 3.8) is 0 Å². The Kier molecular flexibility index (Phi) is 8.80. The van der Waals surface area contributed by atoms with Crippen LogP contribution in [0.15, 0.2) is 194 Å². The van der Waals surface area contributed by atoms with Crippen LogP contribution in [0.2, 0.25) is 0 Å². The summed E-state index contributed by atoms with van der Waals surface area (Å²) in [6.07, 6.45) is 0. The lowest BCUT2D eigenvalue weighted by Gasteiger charge is -2.11. The second-order valence-electron chi connectivity index (χ2n) is 12.8. The Bertz CT molecular complexity index is 2610. The maximum Gasteiger partial charge on any atom is 0.0998 e. The van der Waals surface area contributed by atoms with Crippen LogP contribution in [-0.4, -0.2) is 0 Å². The predicted octanol–water partition coefficient (Wildman–Crippen LogP) is 13.1. The summed E-state index contributed by atoms with van der Waals surface area (Å²) >= 11 is 0. The van der Waals surface area contributed by atoms with E-state index in [2.05, 4.69) is 146 Å². The van der Waals surface area contributed by atoms with Crippen LogP contribution in [0.3, 0.4) is 0 Å². The van der Waals surface area contributed by atoms with Crippen LogP contribution < -0.4 is 0 Å². The Hall–Kier alpha value is -7.26. The quantitative estimate of drug-likeness (QED) is 0.171. The van der Waals surface area contributed by atoms with Crippen LogP contribution in [0.25, 0.3) is 77.9 Å². The fourth-order valence-corrected chi connectivity index (χ4v) is 6.81. The Morgan fingerprint density at radius 3 is 1.08 bits per heavy atom. The molecule has 0 fully saturated rings. The number of hydrogen-bond acceptors (Lipinski definition) is 2. The SMILES string of the molecule is N#Cc1cc(-c2ccccc2)cc(-c2ccc(-c3cccc(-c4cccc(-c5ccc(-c6ccc(-c7ccccc7)cc6C#N)cc5)c4)c3)cc2)c1. The molecule has 0 radical (unpaired) electrons. The zero-order chi connectivity index (χ0) is 35.3. The highest BCUT2D eigenvalue weighted by Gasteiger charge is 2.10. The molecular formula is C50H32N2. The summed E-state index contributed by atoms with van der Waals surface area (Å²) in [6, 6.07) is 71.5. The standard InChI is InChI=1S/C50H32N2/c51-33-35-27-47(37-11-5-2-6-12-37)32-48(28-35)40-19-17-38(18-20-40)42-13-7-15-44(29-42)45-16-8-14-43(30-45)39-21-23-41(24-22-39)50-26-25-46(31-49(50)34-52)36-9-3-1-4-10-36/h1-32H. The van der Waals surface area contributed by atoms with Gasteiger partial charge in [-0.25, -0.2) is 0 Å². The van der Waals surface area contributed by atoms with E-state index in [0.717, 1.165) is 77.9 Å². The number of nitriles is 2. The van der Waals surface area contributed by atoms with Crippen molar-refractivity contribution >= 4 is 0 Å². The molecule has 8 rings (SSSR count). The minimum atomic E-state index is 0.647. The Balaban J connectivity index is 1.03. The first kappa shape index (κ1) is 32.0. The predicted molar refractivity (Wildman–Crippen MR) is 214 cm³/mol. The van der Waals surface area contributed by atoms with Crippen molar-refractivity contribution < 1.29 is 0 Å². The van der Waals surface area contributed by atoms with Crippen molar-refractivity contribution in [3.05, 3.63) is 205 Å². The molecule has 0 saturated carbocycles. The van der Waals surface area contributed by atoms with Gasteiger partial charge in [-0.05, 0) is 114 Å². The van der Waals surface area contributed by atoms with Gasteiger partial charge in [-0.3, -0.25) is 0 Å². The first-order valence-electron chi connectivity index (χ1n) is 17.3. The molecular weight excluding hydrogens is 629 g/mol. The minimum absolute atomic E-state index is 0.647. The second kappa shape index (κ2) is 14.3. The van der Waals surface area contributed by atoms with Crippen molar-refractivity contribution in [1.29, 1.82) is 10.5 Å². The maximum atomic E-state index is 9.98. The largest absolute Gasteiger partial charge is 0.192 e. The molecule has 0 unspecified atom stereocenters. The molecule has 0 spiro atoms. The lowest BCUT2D eigenvalue weighted by Crippen LogP contribution is -1.88. The molecule has 0 bridgehead atoms. The minimum Gasteiger partial charge on any atom is -0.192 e. The van der Waals surface area contributed by atoms with Gasteiger partial charge in [0.25, 0.3) is 0 Å². The summed E-state index contributed by atoms with van der Waals surface area (Å²) in [5.74, 6) is 0. The van der Waals surface area contributed by atoms with Gasteiger partial charge in [0.15, 0.2) is 0 Å². The van der Waals surface area contributed by atoms with Gasteiger partial charge in [-0.15, -0.1) is 0 Å². The summed E-state index contributed by atoms with van der Waals surface area (Å²) in [5.41, 5.74) is 16.4. The molecule has 0 saturated heterocycles. The average molecular weight is 661 g/mol. The molecule has 8 aromatic carbocycles. The average Bonchev–Trinajstić information content (AvgIpc) is 3.24. The van der Waals surface area contributed by atoms with Gasteiger partial charge in [-0.2, -0.15) is 10.5 Å². The van der Waals surface area contributed by atoms with Gasteiger partial charge in [-0.1, -0.05) is 158 Å². The first-order valence-corrected chi connectivity index (χ1v) is 17.3. The van der Waals surface area contributed by atoms with Gasteiger partial charge in [0.2, 0.25) is 0 Å². The van der Waals surface area contributed by atoms with E-state index in [0.29, 0.717) is 11.1 Å². The van der Waals surface area contributed by atoms with E-state index in [1.165, 1.54) is 0 Å². The van der Waals surface area contributed by atoms with E-state index in [-0.39, 0.29) is 0 Å². The number of hydrogen-bond donors (Lipinski definition) is 0. The molecule has 0 N–H and O–H groups in total. The lowest BCUT2D eigenvalue weighted by atomic mass is 9.93. The summed E-state index contributed by atoms with van der Waals surface area (Å²) in [5, 5.41) is 19.7. The van der Waals surface area contributed by atoms with Crippen molar-refractivity contribution in [2.75, 3.05) is 0 Å². The molecule has 0 aliphatic heterocycles. The van der Waals surface area contributed by atoms with E-state index in [1.807, 2.05) is 60.7 Å². The lowest BCUT2D eigenvalue weighted by molar-refractivity contribution is 1.47. The Morgan fingerprint density at radius 2 is 0.596 bits per heavy atom. The second-order valence-corrected chi connectivity index (χ2v) is 12.8. The zero-order valence-corrected chi connectivity index (χ0v) is 28.4. The van der Waals surface area contributed by atoms with Gasteiger partial charge in [0.1, 0.15) is 0 Å². The van der Waals surface area contributed by atoms with Crippen molar-refractivity contribution in [1.82, 2.24) is 0 Å². The van der Waals surface area contributed by atoms with Crippen LogP contribution in [0, 0.1) is 22.7 Å². The summed E-state index contributed by atoms with van der Waals surface area (Å²) < 4.78 is 0. The molecule has 0 amide bonds. The summed E-state index contributed by atoms with van der Waals surface area (Å²) in [7, 11) is 0. The van der Waals surface area contributed by atoms with E-state index < -0.39 is 0 Å². The van der Waals surface area contributed by atoms with Crippen LogP contribution in [0.1, 0.15) is 11.1 Å². The maximum absolute atomic E-state index is 9.98. The van der Waals surface area contributed by atoms with Gasteiger partial charge in [0, 0.05) is 0 Å². The molecule has 0 aliphatic carbocycles. The molecule has 0 aromatic heterocycles. The molecule has 0 heterocycles. The van der Waals surface area contributed by atoms with E-state index in [9.17, 15) is 10.5 Å². The molecule has 52 heavy (non-hydrogen) atoms. The molecule has 242 valence electrons. The number of benzene rings is 8. The highest BCUT2D eigenvalue weighted by atomic mass is 14.3. The van der Waals surface area contributed by atoms with Crippen molar-refractivity contribution in [2.24, 2.45) is 0 Å². The Labute approximate surface area is 304 Å². The first-order chi connectivity index (χ1) is 25.6. The number of rotatable bonds is 7. The monoisotopic (exact) mass is 660 g/mol. The zero-order valence-electron chi connectivity index (χ0n) is 28.4. The van der Waals surface area contributed by atoms with Crippen molar-refractivity contribution in [2.45, 2.75) is 0 Å². The van der Waals surface area contributed by atoms with E-state index in [4.69, 9.17) is 0 Å². The fourth-order valence-electron chi connectivity index (χ4n) is 6.81. The summed E-state index contributed by atoms with van der Waals surface area (Å²) in [4.78, 5) is 0. The van der Waals surface area contributed by atoms with Crippen LogP contribution >= 0.6 is 0 Å². The molecule has 8 aromatic rings. The summed E-state index contributed by atoms with van der Waals surface area (Å²) in [6.45, 7) is 0. The van der Waals surface area contributed by atoms with Crippen LogP contribution in [0.5, 0.6) is 0 Å². The third kappa shape index (κ3) is 6.66.